The van der Waals surface area contributed by atoms with Crippen molar-refractivity contribution in [2.45, 2.75) is 12.5 Å². The molecule has 0 spiro atoms. The third-order valence-electron chi connectivity index (χ3n) is 2.91. The number of nitrogens with one attached hydrogen (secondary N) is 1. The van der Waals surface area contributed by atoms with E-state index in [0.717, 1.165) is 0 Å². The van der Waals surface area contributed by atoms with E-state index in [9.17, 15) is 14.9 Å². The molecule has 0 radical (unpaired) electrons. The van der Waals surface area contributed by atoms with Crippen molar-refractivity contribution in [2.75, 3.05) is 5.32 Å². The molecule has 2 rings (SSSR count). The second kappa shape index (κ2) is 6.00. The van der Waals surface area contributed by atoms with Gasteiger partial charge in [-0.3, -0.25) is 10.1 Å². The molecule has 1 heterocycles. The van der Waals surface area contributed by atoms with E-state index in [1.807, 2.05) is 0 Å². The summed E-state index contributed by atoms with van der Waals surface area (Å²) in [6.45, 7) is 3.51. The average Bonchev–Trinajstić information content (AvgIpc) is 2.46. The fraction of sp³-hybridized carbons (Fsp3) is 0.143. The third-order valence-corrected chi connectivity index (χ3v) is 2.91. The maximum atomic E-state index is 11.1. The Balaban J connectivity index is 2.30. The summed E-state index contributed by atoms with van der Waals surface area (Å²) in [4.78, 5) is 25.5. The lowest BCUT2D eigenvalue weighted by Crippen LogP contribution is -2.28. The summed E-state index contributed by atoms with van der Waals surface area (Å²) in [5, 5.41) is 23.2. The van der Waals surface area contributed by atoms with Crippen LogP contribution in [0.4, 0.5) is 11.5 Å². The molecule has 0 bridgehead atoms. The van der Waals surface area contributed by atoms with Crippen LogP contribution in [0, 0.1) is 10.1 Å². The number of nitro groups is 1. The number of aliphatic carboxylic acids is 1. The number of fused-ring (bicyclic) bond motifs is 1. The van der Waals surface area contributed by atoms with Crippen molar-refractivity contribution < 1.29 is 14.8 Å². The Morgan fingerprint density at radius 3 is 2.86 bits per heavy atom. The van der Waals surface area contributed by atoms with Gasteiger partial charge in [0.05, 0.1) is 10.4 Å². The van der Waals surface area contributed by atoms with Crippen LogP contribution in [-0.4, -0.2) is 27.0 Å². The van der Waals surface area contributed by atoms with E-state index < -0.39 is 16.9 Å². The Bertz CT molecular complexity index is 714. The number of pyridine rings is 1. The number of carbonyl (C=O) groups is 1. The second-order valence-electron chi connectivity index (χ2n) is 4.39. The van der Waals surface area contributed by atoms with Gasteiger partial charge in [0.2, 0.25) is 0 Å². The minimum absolute atomic E-state index is 0.0138. The molecule has 0 aliphatic heterocycles. The number of benzene rings is 1. The molecular formula is C14H13N3O4. The van der Waals surface area contributed by atoms with E-state index in [1.165, 1.54) is 24.3 Å². The number of nitro benzene ring substituents is 1. The summed E-state index contributed by atoms with van der Waals surface area (Å²) in [5.74, 6) is -0.605. The first kappa shape index (κ1) is 14.4. The smallest absolute Gasteiger partial charge is 0.326 e. The SMILES string of the molecule is C=CCC(Nc1ccc2cc([N+](=O)[O-])ccc2n1)C(=O)O. The summed E-state index contributed by atoms with van der Waals surface area (Å²) < 4.78 is 0. The molecule has 7 heteroatoms. The maximum absolute atomic E-state index is 11.1. The zero-order valence-electron chi connectivity index (χ0n) is 11.0. The first-order valence-corrected chi connectivity index (χ1v) is 6.16. The molecule has 0 aliphatic rings. The Labute approximate surface area is 120 Å². The highest BCUT2D eigenvalue weighted by molar-refractivity contribution is 5.83. The number of nitrogens with zero attached hydrogens (tertiary/aromatic N) is 2. The van der Waals surface area contributed by atoms with Crippen molar-refractivity contribution in [3.63, 3.8) is 0 Å². The van der Waals surface area contributed by atoms with Gasteiger partial charge in [-0.2, -0.15) is 0 Å². The molecule has 1 aromatic carbocycles. The number of rotatable bonds is 6. The van der Waals surface area contributed by atoms with E-state index in [4.69, 9.17) is 5.11 Å². The van der Waals surface area contributed by atoms with E-state index >= 15 is 0 Å². The van der Waals surface area contributed by atoms with Crippen LogP contribution in [0.1, 0.15) is 6.42 Å². The average molecular weight is 287 g/mol. The van der Waals surface area contributed by atoms with E-state index in [2.05, 4.69) is 16.9 Å². The number of hydrogen-bond acceptors (Lipinski definition) is 5. The lowest BCUT2D eigenvalue weighted by Gasteiger charge is -2.13. The lowest BCUT2D eigenvalue weighted by molar-refractivity contribution is -0.384. The number of aromatic nitrogens is 1. The highest BCUT2D eigenvalue weighted by Crippen LogP contribution is 2.21. The van der Waals surface area contributed by atoms with Gasteiger partial charge in [-0.15, -0.1) is 6.58 Å². The van der Waals surface area contributed by atoms with Gasteiger partial charge in [-0.1, -0.05) is 6.08 Å². The maximum Gasteiger partial charge on any atom is 0.326 e. The highest BCUT2D eigenvalue weighted by Gasteiger charge is 2.16. The fourth-order valence-corrected chi connectivity index (χ4v) is 1.87. The number of carboxylic acids is 1. The molecule has 0 aliphatic carbocycles. The van der Waals surface area contributed by atoms with Gasteiger partial charge in [-0.05, 0) is 24.6 Å². The molecule has 108 valence electrons. The predicted molar refractivity (Wildman–Crippen MR) is 78.3 cm³/mol. The Morgan fingerprint density at radius 2 is 2.24 bits per heavy atom. The number of hydrogen-bond donors (Lipinski definition) is 2. The molecule has 7 nitrogen and oxygen atoms in total. The number of anilines is 1. The Morgan fingerprint density at radius 1 is 1.48 bits per heavy atom. The predicted octanol–water partition coefficient (Wildman–Crippen LogP) is 2.58. The summed E-state index contributed by atoms with van der Waals surface area (Å²) in [6.07, 6.45) is 1.77. The summed E-state index contributed by atoms with van der Waals surface area (Å²) >= 11 is 0. The Kier molecular flexibility index (Phi) is 4.13. The quantitative estimate of drug-likeness (QED) is 0.480. The van der Waals surface area contributed by atoms with Crippen LogP contribution in [-0.2, 0) is 4.79 Å². The van der Waals surface area contributed by atoms with E-state index in [0.29, 0.717) is 16.7 Å². The molecule has 2 aromatic rings. The topological polar surface area (TPSA) is 105 Å². The molecule has 1 aromatic heterocycles. The van der Waals surface area contributed by atoms with Crippen molar-refractivity contribution >= 4 is 28.4 Å². The Hall–Kier alpha value is -2.96. The molecule has 1 atom stereocenters. The van der Waals surface area contributed by atoms with Crippen molar-refractivity contribution in [1.29, 1.82) is 0 Å². The standard InChI is InChI=1S/C14H13N3O4/c1-2-3-12(14(18)19)16-13-7-4-9-8-10(17(20)21)5-6-11(9)15-13/h2,4-8,12H,1,3H2,(H,15,16)(H,18,19). The minimum Gasteiger partial charge on any atom is -0.480 e. The zero-order valence-corrected chi connectivity index (χ0v) is 11.0. The van der Waals surface area contributed by atoms with Gasteiger partial charge >= 0.3 is 5.97 Å². The summed E-state index contributed by atoms with van der Waals surface area (Å²) in [5.41, 5.74) is 0.536. The molecule has 0 fully saturated rings. The normalized spacial score (nSPS) is 11.8. The molecule has 0 saturated heterocycles. The monoisotopic (exact) mass is 287 g/mol. The molecular weight excluding hydrogens is 274 g/mol. The van der Waals surface area contributed by atoms with Crippen LogP contribution in [0.2, 0.25) is 0 Å². The van der Waals surface area contributed by atoms with Gasteiger partial charge in [0.1, 0.15) is 11.9 Å². The van der Waals surface area contributed by atoms with Gasteiger partial charge in [0.25, 0.3) is 5.69 Å². The van der Waals surface area contributed by atoms with Crippen molar-refractivity contribution in [3.8, 4) is 0 Å². The number of carboxylic acid groups (broad SMARTS) is 1. The number of non-ortho nitro benzene ring substituents is 1. The van der Waals surface area contributed by atoms with Crippen LogP contribution in [0.15, 0.2) is 43.0 Å². The second-order valence-corrected chi connectivity index (χ2v) is 4.39. The van der Waals surface area contributed by atoms with Gasteiger partial charge < -0.3 is 10.4 Å². The first-order chi connectivity index (χ1) is 10.0. The van der Waals surface area contributed by atoms with Crippen molar-refractivity contribution in [1.82, 2.24) is 4.98 Å². The molecule has 0 amide bonds. The van der Waals surface area contributed by atoms with Crippen molar-refractivity contribution in [3.05, 3.63) is 53.1 Å². The lowest BCUT2D eigenvalue weighted by atomic mass is 10.2. The summed E-state index contributed by atoms with van der Waals surface area (Å²) in [6, 6.07) is 6.74. The molecule has 0 saturated carbocycles. The highest BCUT2D eigenvalue weighted by atomic mass is 16.6. The van der Waals surface area contributed by atoms with Crippen LogP contribution in [0.25, 0.3) is 10.9 Å². The first-order valence-electron chi connectivity index (χ1n) is 6.16. The van der Waals surface area contributed by atoms with Crippen LogP contribution < -0.4 is 5.32 Å². The minimum atomic E-state index is -1.000. The van der Waals surface area contributed by atoms with Crippen LogP contribution in [0.3, 0.4) is 0 Å². The van der Waals surface area contributed by atoms with Gasteiger partial charge in [-0.25, -0.2) is 9.78 Å². The fourth-order valence-electron chi connectivity index (χ4n) is 1.87. The third kappa shape index (κ3) is 3.33. The van der Waals surface area contributed by atoms with Gasteiger partial charge in [0.15, 0.2) is 0 Å². The zero-order chi connectivity index (χ0) is 15.4. The largest absolute Gasteiger partial charge is 0.480 e. The van der Waals surface area contributed by atoms with Crippen LogP contribution in [0.5, 0.6) is 0 Å². The molecule has 2 N–H and O–H groups in total. The van der Waals surface area contributed by atoms with E-state index in [-0.39, 0.29) is 12.1 Å². The molecule has 21 heavy (non-hydrogen) atoms. The van der Waals surface area contributed by atoms with Crippen LogP contribution >= 0.6 is 0 Å². The molecule has 1 unspecified atom stereocenters. The summed E-state index contributed by atoms with van der Waals surface area (Å²) in [7, 11) is 0. The van der Waals surface area contributed by atoms with Crippen molar-refractivity contribution in [2.24, 2.45) is 0 Å². The van der Waals surface area contributed by atoms with E-state index in [1.54, 1.807) is 12.1 Å². The van der Waals surface area contributed by atoms with Gasteiger partial charge in [0, 0.05) is 17.5 Å².